The van der Waals surface area contributed by atoms with Gasteiger partial charge in [0.1, 0.15) is 11.4 Å². The van der Waals surface area contributed by atoms with Crippen LogP contribution >= 0.6 is 0 Å². The Morgan fingerprint density at radius 3 is 2.64 bits per heavy atom. The van der Waals surface area contributed by atoms with E-state index >= 15 is 0 Å². The molecule has 1 aliphatic rings. The van der Waals surface area contributed by atoms with Crippen LogP contribution in [0, 0.1) is 21.6 Å². The molecule has 114 valence electrons. The summed E-state index contributed by atoms with van der Waals surface area (Å²) in [5.41, 5.74) is 0.668. The second-order valence-corrected chi connectivity index (χ2v) is 5.68. The molecule has 1 N–H and O–H groups in total. The molecule has 0 saturated carbocycles. The lowest BCUT2D eigenvalue weighted by Crippen LogP contribution is -2.35. The van der Waals surface area contributed by atoms with Gasteiger partial charge in [0.15, 0.2) is 0 Å². The molecule has 0 spiro atoms. The number of nitrogens with one attached hydrogen (secondary N) is 1. The predicted octanol–water partition coefficient (Wildman–Crippen LogP) is 1.89. The van der Waals surface area contributed by atoms with Crippen molar-refractivity contribution in [1.82, 2.24) is 5.32 Å². The number of ether oxygens (including phenoxy) is 1. The molecule has 0 saturated heterocycles. The number of nitriles is 1. The second-order valence-electron chi connectivity index (χ2n) is 5.68. The molecule has 0 aliphatic carbocycles. The fraction of sp³-hybridized carbons (Fsp3) is 0.333. The van der Waals surface area contributed by atoms with E-state index in [2.05, 4.69) is 5.32 Å². The Kier molecular flexibility index (Phi) is 3.87. The molecule has 0 bridgehead atoms. The van der Waals surface area contributed by atoms with Crippen LogP contribution in [0.3, 0.4) is 0 Å². The van der Waals surface area contributed by atoms with Crippen molar-refractivity contribution in [2.24, 2.45) is 0 Å². The van der Waals surface area contributed by atoms with E-state index in [0.717, 1.165) is 0 Å². The SMILES string of the molecule is C[N+](C)=C(NC#N)C1=CC(C)(C)Oc2ccc([N+](=O)[O-])cc21. The van der Waals surface area contributed by atoms with Crippen molar-refractivity contribution in [3.05, 3.63) is 40.0 Å². The zero-order valence-electron chi connectivity index (χ0n) is 12.9. The van der Waals surface area contributed by atoms with E-state index in [0.29, 0.717) is 22.7 Å². The third-order valence-corrected chi connectivity index (χ3v) is 3.21. The third-order valence-electron chi connectivity index (χ3n) is 3.21. The topological polar surface area (TPSA) is 91.2 Å². The molecule has 0 atom stereocenters. The highest BCUT2D eigenvalue weighted by Gasteiger charge is 2.32. The van der Waals surface area contributed by atoms with Crippen LogP contribution in [0.25, 0.3) is 5.57 Å². The molecule has 1 heterocycles. The monoisotopic (exact) mass is 301 g/mol. The van der Waals surface area contributed by atoms with Gasteiger partial charge in [-0.3, -0.25) is 14.7 Å². The summed E-state index contributed by atoms with van der Waals surface area (Å²) in [6, 6.07) is 4.45. The molecule has 0 amide bonds. The van der Waals surface area contributed by atoms with Crippen LogP contribution in [0.4, 0.5) is 5.69 Å². The van der Waals surface area contributed by atoms with Gasteiger partial charge in [-0.15, -0.1) is 5.26 Å². The van der Waals surface area contributed by atoms with Crippen LogP contribution in [0.5, 0.6) is 5.75 Å². The molecule has 22 heavy (non-hydrogen) atoms. The number of hydrogen-bond acceptors (Lipinski definition) is 4. The second kappa shape index (κ2) is 5.48. The zero-order chi connectivity index (χ0) is 16.5. The van der Waals surface area contributed by atoms with Crippen LogP contribution in [0.1, 0.15) is 19.4 Å². The summed E-state index contributed by atoms with van der Waals surface area (Å²) < 4.78 is 7.60. The highest BCUT2D eigenvalue weighted by atomic mass is 16.6. The molecule has 7 heteroatoms. The Balaban J connectivity index is 2.69. The quantitative estimate of drug-likeness (QED) is 0.171. The first-order chi connectivity index (χ1) is 10.2. The minimum atomic E-state index is -0.586. The third kappa shape index (κ3) is 2.91. The normalized spacial score (nSPS) is 14.8. The summed E-state index contributed by atoms with van der Waals surface area (Å²) in [6.45, 7) is 3.77. The van der Waals surface area contributed by atoms with E-state index < -0.39 is 10.5 Å². The van der Waals surface area contributed by atoms with Crippen LogP contribution in [-0.2, 0) is 0 Å². The van der Waals surface area contributed by atoms with E-state index in [-0.39, 0.29) is 5.69 Å². The predicted molar refractivity (Wildman–Crippen MR) is 81.6 cm³/mol. The largest absolute Gasteiger partial charge is 0.483 e. The summed E-state index contributed by atoms with van der Waals surface area (Å²) in [7, 11) is 3.58. The Morgan fingerprint density at radius 2 is 2.09 bits per heavy atom. The van der Waals surface area contributed by atoms with Crippen molar-refractivity contribution in [3.8, 4) is 11.9 Å². The van der Waals surface area contributed by atoms with Crippen molar-refractivity contribution in [2.45, 2.75) is 19.4 Å². The first kappa shape index (κ1) is 15.5. The molecule has 0 radical (unpaired) electrons. The molecule has 1 aromatic rings. The number of nitro benzene ring substituents is 1. The summed E-state index contributed by atoms with van der Waals surface area (Å²) in [5.74, 6) is 1.10. The number of amidine groups is 1. The summed E-state index contributed by atoms with van der Waals surface area (Å²) in [6.07, 6.45) is 3.74. The van der Waals surface area contributed by atoms with Crippen molar-refractivity contribution >= 4 is 17.1 Å². The lowest BCUT2D eigenvalue weighted by molar-refractivity contribution is -0.464. The van der Waals surface area contributed by atoms with Gasteiger partial charge in [-0.05, 0) is 26.0 Å². The van der Waals surface area contributed by atoms with Crippen molar-refractivity contribution < 1.29 is 14.2 Å². The van der Waals surface area contributed by atoms with Crippen LogP contribution in [0.15, 0.2) is 24.3 Å². The molecule has 0 unspecified atom stereocenters. The lowest BCUT2D eigenvalue weighted by atomic mass is 9.93. The number of non-ortho nitro benzene ring substituents is 1. The van der Waals surface area contributed by atoms with Gasteiger partial charge in [-0.2, -0.15) is 5.32 Å². The fourth-order valence-electron chi connectivity index (χ4n) is 2.34. The van der Waals surface area contributed by atoms with Gasteiger partial charge < -0.3 is 4.74 Å². The maximum absolute atomic E-state index is 11.0. The molecular weight excluding hydrogens is 284 g/mol. The molecule has 0 aromatic heterocycles. The summed E-state index contributed by atoms with van der Waals surface area (Å²) >= 11 is 0. The Morgan fingerprint density at radius 1 is 1.41 bits per heavy atom. The van der Waals surface area contributed by atoms with Crippen molar-refractivity contribution in [2.75, 3.05) is 14.1 Å². The van der Waals surface area contributed by atoms with Gasteiger partial charge in [0.25, 0.3) is 17.7 Å². The molecular formula is C15H17N4O3+. The number of nitrogens with zero attached hydrogens (tertiary/aromatic N) is 3. The number of hydrogen-bond donors (Lipinski definition) is 1. The Labute approximate surface area is 128 Å². The highest BCUT2D eigenvalue weighted by molar-refractivity contribution is 6.22. The van der Waals surface area contributed by atoms with Gasteiger partial charge in [-0.1, -0.05) is 0 Å². The Bertz CT molecular complexity index is 738. The zero-order valence-corrected chi connectivity index (χ0v) is 12.9. The average molecular weight is 301 g/mol. The maximum atomic E-state index is 11.0. The van der Waals surface area contributed by atoms with Gasteiger partial charge in [0.05, 0.1) is 24.6 Å². The minimum absolute atomic E-state index is 0.0250. The number of nitro groups is 1. The smallest absolute Gasteiger partial charge is 0.292 e. The van der Waals surface area contributed by atoms with Crippen LogP contribution in [0.2, 0.25) is 0 Å². The minimum Gasteiger partial charge on any atom is -0.483 e. The van der Waals surface area contributed by atoms with Gasteiger partial charge in [0.2, 0.25) is 0 Å². The molecule has 1 aromatic carbocycles. The molecule has 0 fully saturated rings. The van der Waals surface area contributed by atoms with Crippen molar-refractivity contribution in [3.63, 3.8) is 0 Å². The number of rotatable bonds is 2. The standard InChI is InChI=1S/C15H16N4O3/c1-15(2)8-12(14(17-9-16)18(3)4)11-7-10(19(20)21)5-6-13(11)22-15/h5-8H,1-4H3/p+1. The molecule has 2 rings (SSSR count). The average Bonchev–Trinajstić information content (AvgIpc) is 2.42. The summed E-state index contributed by atoms with van der Waals surface area (Å²) in [4.78, 5) is 10.6. The van der Waals surface area contributed by atoms with Gasteiger partial charge in [0, 0.05) is 17.7 Å². The fourth-order valence-corrected chi connectivity index (χ4v) is 2.34. The van der Waals surface area contributed by atoms with Crippen molar-refractivity contribution in [1.29, 1.82) is 5.26 Å². The number of benzene rings is 1. The molecule has 1 aliphatic heterocycles. The van der Waals surface area contributed by atoms with Crippen LogP contribution < -0.4 is 10.1 Å². The number of fused-ring (bicyclic) bond motifs is 1. The van der Waals surface area contributed by atoms with Crippen LogP contribution in [-0.4, -0.2) is 35.0 Å². The maximum Gasteiger partial charge on any atom is 0.292 e. The highest BCUT2D eigenvalue weighted by Crippen LogP contribution is 2.38. The first-order valence-corrected chi connectivity index (χ1v) is 6.65. The van der Waals surface area contributed by atoms with Gasteiger partial charge >= 0.3 is 0 Å². The first-order valence-electron chi connectivity index (χ1n) is 6.65. The molecule has 7 nitrogen and oxygen atoms in total. The lowest BCUT2D eigenvalue weighted by Gasteiger charge is -2.30. The van der Waals surface area contributed by atoms with E-state index in [1.54, 1.807) is 24.7 Å². The van der Waals surface area contributed by atoms with E-state index in [4.69, 9.17) is 10.00 Å². The summed E-state index contributed by atoms with van der Waals surface area (Å²) in [5, 5.41) is 22.6. The van der Waals surface area contributed by atoms with E-state index in [1.165, 1.54) is 12.1 Å². The van der Waals surface area contributed by atoms with Gasteiger partial charge in [-0.25, -0.2) is 0 Å². The Hall–Kier alpha value is -2.88. The van der Waals surface area contributed by atoms with E-state index in [9.17, 15) is 10.1 Å². The van der Waals surface area contributed by atoms with E-state index in [1.807, 2.05) is 26.1 Å².